The van der Waals surface area contributed by atoms with Crippen LogP contribution in [0.3, 0.4) is 0 Å². The van der Waals surface area contributed by atoms with E-state index in [2.05, 4.69) is 21.9 Å². The summed E-state index contributed by atoms with van der Waals surface area (Å²) in [5, 5.41) is 8.36. The van der Waals surface area contributed by atoms with Gasteiger partial charge >= 0.3 is 6.03 Å². The van der Waals surface area contributed by atoms with Gasteiger partial charge in [0, 0.05) is 11.1 Å². The Kier molecular flexibility index (Phi) is 3.66. The normalized spacial score (nSPS) is 15.5. The van der Waals surface area contributed by atoms with E-state index in [1.165, 1.54) is 47.2 Å². The molecule has 5 nitrogen and oxygen atoms in total. The molecule has 0 atom stereocenters. The van der Waals surface area contributed by atoms with Gasteiger partial charge in [-0.05, 0) is 79.3 Å². The van der Waals surface area contributed by atoms with Crippen LogP contribution in [0.4, 0.5) is 10.5 Å². The molecule has 0 saturated heterocycles. The first-order valence-electron chi connectivity index (χ1n) is 9.47. The van der Waals surface area contributed by atoms with E-state index in [0.29, 0.717) is 0 Å². The highest BCUT2D eigenvalue weighted by Gasteiger charge is 2.23. The van der Waals surface area contributed by atoms with Crippen LogP contribution >= 0.6 is 0 Å². The number of aryl methyl sites for hydroxylation is 1. The molecule has 132 valence electrons. The minimum absolute atomic E-state index is 0.246. The molecule has 5 rings (SSSR count). The van der Waals surface area contributed by atoms with Gasteiger partial charge in [0.25, 0.3) is 0 Å². The van der Waals surface area contributed by atoms with Gasteiger partial charge in [0.1, 0.15) is 0 Å². The van der Waals surface area contributed by atoms with Crippen LogP contribution in [0.1, 0.15) is 41.5 Å². The molecule has 0 radical (unpaired) electrons. The topological polar surface area (TPSA) is 59.0 Å². The van der Waals surface area contributed by atoms with E-state index in [9.17, 15) is 4.79 Å². The van der Waals surface area contributed by atoms with Crippen molar-refractivity contribution in [2.45, 2.75) is 44.9 Å². The standard InChI is InChI=1S/C21H22N4O/c26-21(24-25-20-11-4-1-6-15(20)13-22-25)23-19-12-14-7-5-10-16(14)17-8-2-3-9-18(17)19/h1,4,6,11-13H,2-3,5,7-10H2,(H2,23,24,26). The van der Waals surface area contributed by atoms with Gasteiger partial charge < -0.3 is 5.32 Å². The zero-order valence-electron chi connectivity index (χ0n) is 14.7. The average Bonchev–Trinajstić information content (AvgIpc) is 3.29. The number of fused-ring (bicyclic) bond motifs is 4. The summed E-state index contributed by atoms with van der Waals surface area (Å²) in [4.78, 5) is 14.2. The molecule has 2 amide bonds. The van der Waals surface area contributed by atoms with Crippen molar-refractivity contribution in [1.29, 1.82) is 0 Å². The number of hydrogen-bond donors (Lipinski definition) is 2. The number of carbonyl (C=O) groups excluding carboxylic acids is 1. The fourth-order valence-corrected chi connectivity index (χ4v) is 4.49. The zero-order valence-corrected chi connectivity index (χ0v) is 14.7. The predicted molar refractivity (Wildman–Crippen MR) is 103 cm³/mol. The van der Waals surface area contributed by atoms with Crippen LogP contribution in [0.2, 0.25) is 0 Å². The van der Waals surface area contributed by atoms with Crippen molar-refractivity contribution in [1.82, 2.24) is 9.89 Å². The maximum Gasteiger partial charge on any atom is 0.339 e. The molecule has 26 heavy (non-hydrogen) atoms. The molecule has 0 saturated carbocycles. The lowest BCUT2D eigenvalue weighted by Crippen LogP contribution is -2.29. The number of carbonyl (C=O) groups is 1. The molecule has 2 aliphatic carbocycles. The minimum Gasteiger partial charge on any atom is -0.306 e. The number of anilines is 1. The van der Waals surface area contributed by atoms with E-state index in [1.807, 2.05) is 24.3 Å². The van der Waals surface area contributed by atoms with Gasteiger partial charge in [0.05, 0.1) is 11.7 Å². The van der Waals surface area contributed by atoms with Gasteiger partial charge in [0.2, 0.25) is 0 Å². The number of benzene rings is 2. The maximum atomic E-state index is 12.6. The van der Waals surface area contributed by atoms with E-state index in [4.69, 9.17) is 0 Å². The largest absolute Gasteiger partial charge is 0.339 e. The average molecular weight is 346 g/mol. The summed E-state index contributed by atoms with van der Waals surface area (Å²) in [5.41, 5.74) is 10.5. The quantitative estimate of drug-likeness (QED) is 0.731. The van der Waals surface area contributed by atoms with Gasteiger partial charge in [0.15, 0.2) is 0 Å². The highest BCUT2D eigenvalue weighted by atomic mass is 16.2. The molecule has 0 aliphatic heterocycles. The SMILES string of the molecule is O=C(Nc1cc2c(c3c1CCCC3)CCC2)Nn1ncc2ccccc21. The monoisotopic (exact) mass is 346 g/mol. The minimum atomic E-state index is -0.246. The summed E-state index contributed by atoms with van der Waals surface area (Å²) < 4.78 is 0. The molecular weight excluding hydrogens is 324 g/mol. The molecule has 0 spiro atoms. The van der Waals surface area contributed by atoms with E-state index in [-0.39, 0.29) is 6.03 Å². The van der Waals surface area contributed by atoms with Gasteiger partial charge in [-0.3, -0.25) is 0 Å². The van der Waals surface area contributed by atoms with Crippen molar-refractivity contribution in [3.63, 3.8) is 0 Å². The van der Waals surface area contributed by atoms with Gasteiger partial charge in [-0.1, -0.05) is 18.2 Å². The van der Waals surface area contributed by atoms with Crippen LogP contribution in [0.15, 0.2) is 36.5 Å². The molecule has 2 aliphatic rings. The molecule has 5 heteroatoms. The molecule has 0 fully saturated rings. The summed E-state index contributed by atoms with van der Waals surface area (Å²) >= 11 is 0. The second-order valence-electron chi connectivity index (χ2n) is 7.26. The third kappa shape index (κ3) is 2.55. The molecule has 3 aromatic rings. The molecule has 1 aromatic heterocycles. The Morgan fingerprint density at radius 1 is 0.962 bits per heavy atom. The lowest BCUT2D eigenvalue weighted by Gasteiger charge is -2.23. The summed E-state index contributed by atoms with van der Waals surface area (Å²) in [6, 6.07) is 9.79. The molecular formula is C21H22N4O. The van der Waals surface area contributed by atoms with Crippen LogP contribution < -0.4 is 10.7 Å². The fraction of sp³-hybridized carbons (Fsp3) is 0.333. The Labute approximate surface area is 152 Å². The third-order valence-electron chi connectivity index (χ3n) is 5.67. The Morgan fingerprint density at radius 2 is 1.77 bits per heavy atom. The van der Waals surface area contributed by atoms with Crippen molar-refractivity contribution < 1.29 is 4.79 Å². The van der Waals surface area contributed by atoms with Gasteiger partial charge in [-0.25, -0.2) is 10.2 Å². The Bertz CT molecular complexity index is 1000. The van der Waals surface area contributed by atoms with Crippen LogP contribution in [-0.4, -0.2) is 15.9 Å². The molecule has 0 bridgehead atoms. The van der Waals surface area contributed by atoms with Crippen molar-refractivity contribution in [2.75, 3.05) is 10.7 Å². The van der Waals surface area contributed by atoms with Crippen LogP contribution in [0, 0.1) is 0 Å². The van der Waals surface area contributed by atoms with E-state index in [0.717, 1.165) is 35.9 Å². The number of rotatable bonds is 2. The molecule has 2 N–H and O–H groups in total. The zero-order chi connectivity index (χ0) is 17.5. The van der Waals surface area contributed by atoms with Crippen molar-refractivity contribution in [3.8, 4) is 0 Å². The number of nitrogens with zero attached hydrogens (tertiary/aromatic N) is 2. The van der Waals surface area contributed by atoms with E-state index < -0.39 is 0 Å². The Morgan fingerprint density at radius 3 is 2.69 bits per heavy atom. The molecule has 1 heterocycles. The number of nitrogens with one attached hydrogen (secondary N) is 2. The smallest absolute Gasteiger partial charge is 0.306 e. The second kappa shape index (κ2) is 6.16. The fourth-order valence-electron chi connectivity index (χ4n) is 4.49. The van der Waals surface area contributed by atoms with Gasteiger partial charge in [-0.15, -0.1) is 0 Å². The van der Waals surface area contributed by atoms with Gasteiger partial charge in [-0.2, -0.15) is 9.89 Å². The third-order valence-corrected chi connectivity index (χ3v) is 5.67. The summed E-state index contributed by atoms with van der Waals surface area (Å²) in [7, 11) is 0. The maximum absolute atomic E-state index is 12.6. The Balaban J connectivity index is 1.43. The first-order valence-corrected chi connectivity index (χ1v) is 9.47. The first kappa shape index (κ1) is 15.4. The second-order valence-corrected chi connectivity index (χ2v) is 7.26. The number of urea groups is 1. The number of amides is 2. The predicted octanol–water partition coefficient (Wildman–Crippen LogP) is 4.18. The van der Waals surface area contributed by atoms with Crippen molar-refractivity contribution in [2.24, 2.45) is 0 Å². The van der Waals surface area contributed by atoms with Crippen LogP contribution in [0.25, 0.3) is 10.9 Å². The summed E-state index contributed by atoms with van der Waals surface area (Å²) in [6.45, 7) is 0. The number of aromatic nitrogens is 2. The lowest BCUT2D eigenvalue weighted by atomic mass is 9.85. The van der Waals surface area contributed by atoms with Crippen LogP contribution in [0.5, 0.6) is 0 Å². The summed E-state index contributed by atoms with van der Waals surface area (Å²) in [5.74, 6) is 0. The molecule has 0 unspecified atom stereocenters. The van der Waals surface area contributed by atoms with Crippen LogP contribution in [-0.2, 0) is 25.7 Å². The Hall–Kier alpha value is -2.82. The van der Waals surface area contributed by atoms with E-state index in [1.54, 1.807) is 11.8 Å². The van der Waals surface area contributed by atoms with Crippen molar-refractivity contribution >= 4 is 22.6 Å². The highest BCUT2D eigenvalue weighted by molar-refractivity contribution is 5.97. The number of para-hydroxylation sites is 1. The van der Waals surface area contributed by atoms with E-state index >= 15 is 0 Å². The first-order chi connectivity index (χ1) is 12.8. The lowest BCUT2D eigenvalue weighted by molar-refractivity contribution is 0.259. The highest BCUT2D eigenvalue weighted by Crippen LogP contribution is 2.37. The van der Waals surface area contributed by atoms with Crippen molar-refractivity contribution in [3.05, 3.63) is 58.8 Å². The number of hydrogen-bond acceptors (Lipinski definition) is 2. The summed E-state index contributed by atoms with van der Waals surface area (Å²) in [6.07, 6.45) is 9.98. The molecule has 2 aromatic carbocycles.